The number of rotatable bonds is 2. The molecule has 0 atom stereocenters. The third-order valence-corrected chi connectivity index (χ3v) is 5.19. The van der Waals surface area contributed by atoms with E-state index in [0.717, 1.165) is 19.3 Å². The van der Waals surface area contributed by atoms with E-state index in [2.05, 4.69) is 4.99 Å². The molecule has 0 aromatic rings. The van der Waals surface area contributed by atoms with Crippen LogP contribution in [0, 0.1) is 46.3 Å². The van der Waals surface area contributed by atoms with Gasteiger partial charge in [0.15, 0.2) is 5.92 Å². The lowest BCUT2D eigenvalue weighted by Crippen LogP contribution is -2.50. The second-order valence-electron chi connectivity index (χ2n) is 6.83. The van der Waals surface area contributed by atoms with Crippen molar-refractivity contribution in [2.75, 3.05) is 0 Å². The van der Waals surface area contributed by atoms with Crippen LogP contribution in [-0.4, -0.2) is 17.4 Å². The highest BCUT2D eigenvalue weighted by molar-refractivity contribution is 5.96. The second-order valence-corrected chi connectivity index (χ2v) is 6.83. The summed E-state index contributed by atoms with van der Waals surface area (Å²) in [6, 6.07) is 2.86. The summed E-state index contributed by atoms with van der Waals surface area (Å²) in [6.45, 7) is 0. The zero-order valence-electron chi connectivity index (χ0n) is 11.5. The summed E-state index contributed by atoms with van der Waals surface area (Å²) < 4.78 is 39.6. The molecule has 112 valence electrons. The number of nitriles is 2. The monoisotopic (exact) mass is 295 g/mol. The maximum absolute atomic E-state index is 13.2. The van der Waals surface area contributed by atoms with Gasteiger partial charge in [0.05, 0.1) is 17.7 Å². The van der Waals surface area contributed by atoms with Gasteiger partial charge >= 0.3 is 6.18 Å². The summed E-state index contributed by atoms with van der Waals surface area (Å²) in [5, 5.41) is 17.6. The Balaban J connectivity index is 1.98. The molecule has 6 heteroatoms. The van der Waals surface area contributed by atoms with Crippen molar-refractivity contribution in [2.45, 2.75) is 50.2 Å². The molecule has 21 heavy (non-hydrogen) atoms. The van der Waals surface area contributed by atoms with Crippen molar-refractivity contribution >= 4 is 5.71 Å². The SMILES string of the molecule is N#CC(C#N)C(=NC12CC3CC(CC(C3)C1)C2)C(F)(F)F. The van der Waals surface area contributed by atoms with Crippen LogP contribution in [0.15, 0.2) is 4.99 Å². The van der Waals surface area contributed by atoms with Crippen molar-refractivity contribution in [2.24, 2.45) is 28.7 Å². The van der Waals surface area contributed by atoms with Crippen molar-refractivity contribution in [1.82, 2.24) is 0 Å². The predicted molar refractivity (Wildman–Crippen MR) is 69.1 cm³/mol. The van der Waals surface area contributed by atoms with Crippen LogP contribution in [0.5, 0.6) is 0 Å². The first-order valence-electron chi connectivity index (χ1n) is 7.31. The normalized spacial score (nSPS) is 38.4. The second kappa shape index (κ2) is 4.73. The van der Waals surface area contributed by atoms with Gasteiger partial charge in [0.2, 0.25) is 0 Å². The molecule has 4 bridgehead atoms. The van der Waals surface area contributed by atoms with Crippen LogP contribution < -0.4 is 0 Å². The number of aliphatic imine (C=N–C) groups is 1. The average Bonchev–Trinajstić information content (AvgIpc) is 2.36. The van der Waals surface area contributed by atoms with Crippen molar-refractivity contribution in [3.05, 3.63) is 0 Å². The maximum atomic E-state index is 13.2. The molecule has 0 aromatic carbocycles. The topological polar surface area (TPSA) is 59.9 Å². The third-order valence-electron chi connectivity index (χ3n) is 5.19. The molecule has 4 aliphatic rings. The Morgan fingerprint density at radius 2 is 1.43 bits per heavy atom. The van der Waals surface area contributed by atoms with Crippen LogP contribution in [0.3, 0.4) is 0 Å². The first-order valence-corrected chi connectivity index (χ1v) is 7.31. The predicted octanol–water partition coefficient (Wildman–Crippen LogP) is 3.62. The van der Waals surface area contributed by atoms with Crippen molar-refractivity contribution in [3.8, 4) is 12.1 Å². The van der Waals surface area contributed by atoms with E-state index in [-0.39, 0.29) is 0 Å². The van der Waals surface area contributed by atoms with E-state index in [4.69, 9.17) is 10.5 Å². The van der Waals surface area contributed by atoms with Gasteiger partial charge in [0.25, 0.3) is 0 Å². The molecule has 0 radical (unpaired) electrons. The minimum absolute atomic E-state index is 0.470. The Morgan fingerprint density at radius 1 is 1.00 bits per heavy atom. The van der Waals surface area contributed by atoms with E-state index in [1.807, 2.05) is 0 Å². The molecule has 0 heterocycles. The molecule has 0 aromatic heterocycles. The molecule has 4 saturated carbocycles. The van der Waals surface area contributed by atoms with Crippen LogP contribution >= 0.6 is 0 Å². The minimum atomic E-state index is -4.71. The van der Waals surface area contributed by atoms with Crippen LogP contribution in [0.2, 0.25) is 0 Å². The first kappa shape index (κ1) is 14.4. The summed E-state index contributed by atoms with van der Waals surface area (Å²) in [7, 11) is 0. The average molecular weight is 295 g/mol. The lowest BCUT2D eigenvalue weighted by atomic mass is 9.53. The molecule has 0 amide bonds. The number of nitrogens with zero attached hydrogens (tertiary/aromatic N) is 3. The van der Waals surface area contributed by atoms with Gasteiger partial charge in [-0.2, -0.15) is 23.7 Å². The lowest BCUT2D eigenvalue weighted by Gasteiger charge is -2.55. The Labute approximate surface area is 121 Å². The smallest absolute Gasteiger partial charge is 0.276 e. The zero-order chi connectivity index (χ0) is 15.3. The Morgan fingerprint density at radius 3 is 1.76 bits per heavy atom. The van der Waals surface area contributed by atoms with Crippen LogP contribution in [0.1, 0.15) is 38.5 Å². The van der Waals surface area contributed by atoms with Gasteiger partial charge in [-0.05, 0) is 56.3 Å². The van der Waals surface area contributed by atoms with Crippen molar-refractivity contribution < 1.29 is 13.2 Å². The minimum Gasteiger partial charge on any atom is -0.276 e. The highest BCUT2D eigenvalue weighted by atomic mass is 19.4. The van der Waals surface area contributed by atoms with Gasteiger partial charge in [-0.1, -0.05) is 0 Å². The van der Waals surface area contributed by atoms with E-state index in [1.54, 1.807) is 0 Å². The Bertz CT molecular complexity index is 501. The van der Waals surface area contributed by atoms with Gasteiger partial charge in [-0.25, -0.2) is 0 Å². The molecule has 4 fully saturated rings. The number of hydrogen-bond donors (Lipinski definition) is 0. The lowest BCUT2D eigenvalue weighted by molar-refractivity contribution is -0.0641. The van der Waals surface area contributed by atoms with Gasteiger partial charge in [-0.3, -0.25) is 4.99 Å². The van der Waals surface area contributed by atoms with Gasteiger partial charge in [0, 0.05) is 0 Å². The number of alkyl halides is 3. The fourth-order valence-corrected chi connectivity index (χ4v) is 4.90. The standard InChI is InChI=1S/C15H16F3N3/c16-15(17,18)13(12(7-19)8-20)21-14-4-9-1-10(5-14)3-11(2-9)6-14/h9-12H,1-6H2. The molecule has 0 unspecified atom stereocenters. The van der Waals surface area contributed by atoms with E-state index in [1.165, 1.54) is 12.1 Å². The number of hydrogen-bond acceptors (Lipinski definition) is 3. The number of halogens is 3. The van der Waals surface area contributed by atoms with E-state index in [9.17, 15) is 13.2 Å². The molecule has 3 nitrogen and oxygen atoms in total. The maximum Gasteiger partial charge on any atom is 0.431 e. The quantitative estimate of drug-likeness (QED) is 0.730. The third kappa shape index (κ3) is 2.52. The zero-order valence-corrected chi connectivity index (χ0v) is 11.5. The van der Waals surface area contributed by atoms with Crippen molar-refractivity contribution in [3.63, 3.8) is 0 Å². The first-order chi connectivity index (χ1) is 9.85. The Kier molecular flexibility index (Phi) is 3.24. The summed E-state index contributed by atoms with van der Waals surface area (Å²) in [6.07, 6.45) is 0.661. The summed E-state index contributed by atoms with van der Waals surface area (Å²) in [4.78, 5) is 4.03. The Hall–Kier alpha value is -1.56. The summed E-state index contributed by atoms with van der Waals surface area (Å²) >= 11 is 0. The van der Waals surface area contributed by atoms with Crippen LogP contribution in [-0.2, 0) is 0 Å². The van der Waals surface area contributed by atoms with Gasteiger partial charge in [0.1, 0.15) is 5.71 Å². The molecule has 0 saturated heterocycles. The fraction of sp³-hybridized carbons (Fsp3) is 0.800. The molecule has 0 spiro atoms. The van der Waals surface area contributed by atoms with E-state index >= 15 is 0 Å². The van der Waals surface area contributed by atoms with E-state index < -0.39 is 23.3 Å². The van der Waals surface area contributed by atoms with Gasteiger partial charge in [-0.15, -0.1) is 0 Å². The highest BCUT2D eigenvalue weighted by Crippen LogP contribution is 2.57. The van der Waals surface area contributed by atoms with Gasteiger partial charge < -0.3 is 0 Å². The van der Waals surface area contributed by atoms with E-state index in [0.29, 0.717) is 37.0 Å². The molecule has 0 N–H and O–H groups in total. The molecule has 4 aliphatic carbocycles. The molecule has 4 rings (SSSR count). The summed E-state index contributed by atoms with van der Waals surface area (Å²) in [5.74, 6) is -0.413. The highest BCUT2D eigenvalue weighted by Gasteiger charge is 2.53. The largest absolute Gasteiger partial charge is 0.431 e. The van der Waals surface area contributed by atoms with Crippen LogP contribution in [0.4, 0.5) is 13.2 Å². The summed E-state index contributed by atoms with van der Waals surface area (Å²) in [5.41, 5.74) is -1.86. The van der Waals surface area contributed by atoms with Crippen LogP contribution in [0.25, 0.3) is 0 Å². The molecular formula is C15H16F3N3. The molecule has 0 aliphatic heterocycles. The fourth-order valence-electron chi connectivity index (χ4n) is 4.90. The molecular weight excluding hydrogens is 279 g/mol. The van der Waals surface area contributed by atoms with Crippen molar-refractivity contribution in [1.29, 1.82) is 10.5 Å².